The van der Waals surface area contributed by atoms with Gasteiger partial charge in [0.2, 0.25) is 0 Å². The zero-order chi connectivity index (χ0) is 10.6. The molecule has 3 heteroatoms. The lowest BCUT2D eigenvalue weighted by Gasteiger charge is -2.51. The van der Waals surface area contributed by atoms with Crippen molar-refractivity contribution >= 4 is 0 Å². The third-order valence-corrected chi connectivity index (χ3v) is 3.57. The predicted octanol–water partition coefficient (Wildman–Crippen LogP) is 0.852. The van der Waals surface area contributed by atoms with Crippen LogP contribution in [0.5, 0.6) is 0 Å². The normalized spacial score (nSPS) is 19.7. The van der Waals surface area contributed by atoms with Crippen molar-refractivity contribution in [2.24, 2.45) is 5.92 Å². The summed E-state index contributed by atoms with van der Waals surface area (Å²) in [5, 5.41) is 18.7. The van der Waals surface area contributed by atoms with Crippen molar-refractivity contribution in [3.63, 3.8) is 0 Å². The molecule has 0 unspecified atom stereocenters. The van der Waals surface area contributed by atoms with Crippen LogP contribution in [0.15, 0.2) is 0 Å². The lowest BCUT2D eigenvalue weighted by molar-refractivity contribution is -0.0774. The molecule has 0 bridgehead atoms. The minimum atomic E-state index is -0.357. The van der Waals surface area contributed by atoms with Gasteiger partial charge in [-0.15, -0.1) is 0 Å². The second kappa shape index (κ2) is 5.10. The summed E-state index contributed by atoms with van der Waals surface area (Å²) in [4.78, 5) is 2.23. The van der Waals surface area contributed by atoms with Gasteiger partial charge in [-0.2, -0.15) is 0 Å². The Bertz CT molecular complexity index is 154. The Morgan fingerprint density at radius 3 is 2.14 bits per heavy atom. The maximum atomic E-state index is 9.33. The van der Waals surface area contributed by atoms with Crippen LogP contribution in [0.1, 0.15) is 33.1 Å². The van der Waals surface area contributed by atoms with Crippen LogP contribution in [-0.2, 0) is 0 Å². The van der Waals surface area contributed by atoms with E-state index in [-0.39, 0.29) is 18.8 Å². The van der Waals surface area contributed by atoms with Crippen molar-refractivity contribution in [3.8, 4) is 0 Å². The van der Waals surface area contributed by atoms with Crippen LogP contribution < -0.4 is 0 Å². The van der Waals surface area contributed by atoms with Gasteiger partial charge in [-0.05, 0) is 18.8 Å². The molecule has 14 heavy (non-hydrogen) atoms. The van der Waals surface area contributed by atoms with Crippen LogP contribution in [0, 0.1) is 5.92 Å². The molecular formula is C11H23NO2. The van der Waals surface area contributed by atoms with Gasteiger partial charge in [-0.25, -0.2) is 0 Å². The summed E-state index contributed by atoms with van der Waals surface area (Å²) in [7, 11) is 0. The number of hydrogen-bond acceptors (Lipinski definition) is 3. The van der Waals surface area contributed by atoms with Gasteiger partial charge in [0.15, 0.2) is 0 Å². The van der Waals surface area contributed by atoms with Crippen LogP contribution >= 0.6 is 0 Å². The van der Waals surface area contributed by atoms with Crippen molar-refractivity contribution in [1.82, 2.24) is 4.90 Å². The Balaban J connectivity index is 2.42. The zero-order valence-electron chi connectivity index (χ0n) is 9.37. The SMILES string of the molecule is CCCC1CN(C(CC)(CO)CO)C1. The second-order valence-corrected chi connectivity index (χ2v) is 4.45. The molecule has 0 spiro atoms. The topological polar surface area (TPSA) is 43.7 Å². The van der Waals surface area contributed by atoms with Crippen molar-refractivity contribution < 1.29 is 10.2 Å². The Hall–Kier alpha value is -0.120. The molecule has 0 atom stereocenters. The Morgan fingerprint density at radius 1 is 1.21 bits per heavy atom. The van der Waals surface area contributed by atoms with Crippen molar-refractivity contribution in [3.05, 3.63) is 0 Å². The third-order valence-electron chi connectivity index (χ3n) is 3.57. The molecule has 1 heterocycles. The van der Waals surface area contributed by atoms with Crippen LogP contribution in [0.4, 0.5) is 0 Å². The molecule has 1 saturated heterocycles. The molecule has 0 aromatic carbocycles. The van der Waals surface area contributed by atoms with Crippen LogP contribution in [0.25, 0.3) is 0 Å². The van der Waals surface area contributed by atoms with E-state index in [0.717, 1.165) is 25.4 Å². The molecule has 1 rings (SSSR count). The molecule has 0 aromatic heterocycles. The Kier molecular flexibility index (Phi) is 4.35. The second-order valence-electron chi connectivity index (χ2n) is 4.45. The summed E-state index contributed by atoms with van der Waals surface area (Å²) in [6, 6.07) is 0. The molecule has 1 aliphatic heterocycles. The Labute approximate surface area is 86.7 Å². The first-order chi connectivity index (χ1) is 6.72. The molecule has 0 amide bonds. The summed E-state index contributed by atoms with van der Waals surface area (Å²) in [5.41, 5.74) is -0.357. The molecule has 0 saturated carbocycles. The largest absolute Gasteiger partial charge is 0.394 e. The monoisotopic (exact) mass is 201 g/mol. The smallest absolute Gasteiger partial charge is 0.0670 e. The van der Waals surface area contributed by atoms with Crippen molar-refractivity contribution in [2.75, 3.05) is 26.3 Å². The highest BCUT2D eigenvalue weighted by Gasteiger charge is 2.41. The highest BCUT2D eigenvalue weighted by Crippen LogP contribution is 2.30. The molecule has 1 aliphatic rings. The van der Waals surface area contributed by atoms with Gasteiger partial charge in [0, 0.05) is 13.1 Å². The van der Waals surface area contributed by atoms with Gasteiger partial charge in [0.1, 0.15) is 0 Å². The Morgan fingerprint density at radius 2 is 1.79 bits per heavy atom. The first-order valence-corrected chi connectivity index (χ1v) is 5.69. The fraction of sp³-hybridized carbons (Fsp3) is 1.00. The average molecular weight is 201 g/mol. The number of nitrogens with zero attached hydrogens (tertiary/aromatic N) is 1. The third kappa shape index (κ3) is 2.10. The van der Waals surface area contributed by atoms with E-state index in [4.69, 9.17) is 0 Å². The van der Waals surface area contributed by atoms with Gasteiger partial charge in [-0.1, -0.05) is 20.3 Å². The molecule has 84 valence electrons. The highest BCUT2D eigenvalue weighted by atomic mass is 16.3. The van der Waals surface area contributed by atoms with E-state index in [1.54, 1.807) is 0 Å². The lowest BCUT2D eigenvalue weighted by atomic mass is 9.86. The molecular weight excluding hydrogens is 178 g/mol. The molecule has 2 N–H and O–H groups in total. The van der Waals surface area contributed by atoms with Gasteiger partial charge in [0.05, 0.1) is 18.8 Å². The van der Waals surface area contributed by atoms with Crippen molar-refractivity contribution in [2.45, 2.75) is 38.6 Å². The van der Waals surface area contributed by atoms with Crippen LogP contribution in [0.3, 0.4) is 0 Å². The minimum absolute atomic E-state index is 0.0683. The summed E-state index contributed by atoms with van der Waals surface area (Å²) in [6.07, 6.45) is 3.32. The predicted molar refractivity (Wildman–Crippen MR) is 57.2 cm³/mol. The van der Waals surface area contributed by atoms with Crippen molar-refractivity contribution in [1.29, 1.82) is 0 Å². The molecule has 3 nitrogen and oxygen atoms in total. The number of likely N-dealkylation sites (tertiary alicyclic amines) is 1. The number of hydrogen-bond donors (Lipinski definition) is 2. The minimum Gasteiger partial charge on any atom is -0.394 e. The van der Waals surface area contributed by atoms with E-state index in [0.29, 0.717) is 0 Å². The van der Waals surface area contributed by atoms with Crippen LogP contribution in [-0.4, -0.2) is 47.0 Å². The summed E-state index contributed by atoms with van der Waals surface area (Å²) < 4.78 is 0. The molecule has 0 radical (unpaired) electrons. The van der Waals surface area contributed by atoms with Gasteiger partial charge in [-0.3, -0.25) is 4.90 Å². The molecule has 0 aliphatic carbocycles. The maximum absolute atomic E-state index is 9.33. The summed E-state index contributed by atoms with van der Waals surface area (Å²) >= 11 is 0. The van der Waals surface area contributed by atoms with E-state index < -0.39 is 0 Å². The fourth-order valence-electron chi connectivity index (χ4n) is 2.25. The van der Waals surface area contributed by atoms with Crippen LogP contribution in [0.2, 0.25) is 0 Å². The standard InChI is InChI=1S/C11H23NO2/c1-3-5-10-6-12(7-10)11(4-2,8-13)9-14/h10,13-14H,3-9H2,1-2H3. The first-order valence-electron chi connectivity index (χ1n) is 5.69. The quantitative estimate of drug-likeness (QED) is 0.669. The molecule has 1 fully saturated rings. The average Bonchev–Trinajstić information content (AvgIpc) is 2.17. The van der Waals surface area contributed by atoms with E-state index >= 15 is 0 Å². The molecule has 0 aromatic rings. The maximum Gasteiger partial charge on any atom is 0.0670 e. The van der Waals surface area contributed by atoms with E-state index in [2.05, 4.69) is 11.8 Å². The zero-order valence-corrected chi connectivity index (χ0v) is 9.37. The van der Waals surface area contributed by atoms with Gasteiger partial charge >= 0.3 is 0 Å². The number of aliphatic hydroxyl groups excluding tert-OH is 2. The first kappa shape index (κ1) is 12.0. The highest BCUT2D eigenvalue weighted by molar-refractivity contribution is 4.95. The number of aliphatic hydroxyl groups is 2. The summed E-state index contributed by atoms with van der Waals surface area (Å²) in [6.45, 7) is 6.46. The lowest BCUT2D eigenvalue weighted by Crippen LogP contribution is -2.63. The van der Waals surface area contributed by atoms with Gasteiger partial charge in [0.25, 0.3) is 0 Å². The van der Waals surface area contributed by atoms with Gasteiger partial charge < -0.3 is 10.2 Å². The fourth-order valence-corrected chi connectivity index (χ4v) is 2.25. The summed E-state index contributed by atoms with van der Waals surface area (Å²) in [5.74, 6) is 0.782. The van der Waals surface area contributed by atoms with E-state index in [1.807, 2.05) is 6.92 Å². The van der Waals surface area contributed by atoms with E-state index in [1.165, 1.54) is 12.8 Å². The number of rotatable bonds is 6. The van der Waals surface area contributed by atoms with E-state index in [9.17, 15) is 10.2 Å².